The van der Waals surface area contributed by atoms with Crippen LogP contribution in [0.5, 0.6) is 0 Å². The Morgan fingerprint density at radius 2 is 1.76 bits per heavy atom. The predicted molar refractivity (Wildman–Crippen MR) is 79.7 cm³/mol. The predicted octanol–water partition coefficient (Wildman–Crippen LogP) is 0.993. The fourth-order valence-electron chi connectivity index (χ4n) is 3.65. The molecule has 114 valence electrons. The first kappa shape index (κ1) is 14.5. The molecule has 1 atom stereocenters. The van der Waals surface area contributed by atoms with Crippen LogP contribution in [-0.4, -0.2) is 46.8 Å². The molecular weight excluding hydrogens is 266 g/mol. The van der Waals surface area contributed by atoms with Crippen LogP contribution in [0.4, 0.5) is 0 Å². The van der Waals surface area contributed by atoms with Gasteiger partial charge in [0.2, 0.25) is 5.91 Å². The van der Waals surface area contributed by atoms with E-state index in [-0.39, 0.29) is 24.3 Å². The molecule has 1 heterocycles. The average molecular weight is 289 g/mol. The number of aliphatic hydroxyl groups is 2. The van der Waals surface area contributed by atoms with Gasteiger partial charge in [-0.15, -0.1) is 0 Å². The van der Waals surface area contributed by atoms with E-state index in [0.717, 1.165) is 25.7 Å². The maximum Gasteiger partial charge on any atom is 0.226 e. The average Bonchev–Trinajstić information content (AvgIpc) is 2.97. The number of fused-ring (bicyclic) bond motifs is 1. The number of hydrogen-bond donors (Lipinski definition) is 2. The summed E-state index contributed by atoms with van der Waals surface area (Å²) < 4.78 is 0. The van der Waals surface area contributed by atoms with Gasteiger partial charge in [0, 0.05) is 19.0 Å². The fraction of sp³-hybridized carbons (Fsp3) is 0.588. The number of amides is 1. The molecule has 1 fully saturated rings. The van der Waals surface area contributed by atoms with Gasteiger partial charge in [0.1, 0.15) is 0 Å². The minimum Gasteiger partial charge on any atom is -0.394 e. The van der Waals surface area contributed by atoms with E-state index in [1.165, 1.54) is 11.1 Å². The van der Waals surface area contributed by atoms with Crippen molar-refractivity contribution in [2.24, 2.45) is 11.8 Å². The monoisotopic (exact) mass is 289 g/mol. The first-order valence-electron chi connectivity index (χ1n) is 7.83. The highest BCUT2D eigenvalue weighted by molar-refractivity contribution is 5.80. The molecule has 4 heteroatoms. The van der Waals surface area contributed by atoms with E-state index >= 15 is 0 Å². The van der Waals surface area contributed by atoms with Crippen LogP contribution in [0.15, 0.2) is 24.3 Å². The van der Waals surface area contributed by atoms with Gasteiger partial charge in [0.05, 0.1) is 12.7 Å². The molecule has 1 aliphatic carbocycles. The quantitative estimate of drug-likeness (QED) is 0.872. The van der Waals surface area contributed by atoms with Gasteiger partial charge in [-0.2, -0.15) is 0 Å². The maximum atomic E-state index is 12.6. The van der Waals surface area contributed by atoms with Crippen molar-refractivity contribution in [1.29, 1.82) is 0 Å². The Bertz CT molecular complexity index is 484. The van der Waals surface area contributed by atoms with Crippen molar-refractivity contribution in [3.8, 4) is 0 Å². The lowest BCUT2D eigenvalue weighted by Gasteiger charge is -2.35. The van der Waals surface area contributed by atoms with Crippen molar-refractivity contribution in [2.45, 2.75) is 31.8 Å². The summed E-state index contributed by atoms with van der Waals surface area (Å²) >= 11 is 0. The first-order valence-corrected chi connectivity index (χ1v) is 7.83. The van der Waals surface area contributed by atoms with Gasteiger partial charge in [-0.25, -0.2) is 0 Å². The zero-order valence-corrected chi connectivity index (χ0v) is 12.2. The number of hydrogen-bond acceptors (Lipinski definition) is 3. The maximum absolute atomic E-state index is 12.6. The van der Waals surface area contributed by atoms with Crippen LogP contribution in [0.1, 0.15) is 24.0 Å². The van der Waals surface area contributed by atoms with Gasteiger partial charge >= 0.3 is 0 Å². The van der Waals surface area contributed by atoms with Gasteiger partial charge in [-0.05, 0) is 42.7 Å². The fourth-order valence-corrected chi connectivity index (χ4v) is 3.65. The van der Waals surface area contributed by atoms with Crippen molar-refractivity contribution in [2.75, 3.05) is 19.7 Å². The highest BCUT2D eigenvalue weighted by atomic mass is 16.3. The molecule has 21 heavy (non-hydrogen) atoms. The summed E-state index contributed by atoms with van der Waals surface area (Å²) in [7, 11) is 0. The Balaban J connectivity index is 1.56. The van der Waals surface area contributed by atoms with Crippen molar-refractivity contribution in [3.05, 3.63) is 35.4 Å². The summed E-state index contributed by atoms with van der Waals surface area (Å²) in [4.78, 5) is 14.6. The lowest BCUT2D eigenvalue weighted by atomic mass is 9.90. The Morgan fingerprint density at radius 3 is 2.29 bits per heavy atom. The zero-order valence-electron chi connectivity index (χ0n) is 12.2. The van der Waals surface area contributed by atoms with E-state index < -0.39 is 6.10 Å². The molecule has 3 rings (SSSR count). The van der Waals surface area contributed by atoms with E-state index in [0.29, 0.717) is 13.1 Å². The number of likely N-dealkylation sites (tertiary alicyclic amines) is 1. The minimum absolute atomic E-state index is 0.0849. The van der Waals surface area contributed by atoms with Gasteiger partial charge in [0.25, 0.3) is 0 Å². The molecule has 0 spiro atoms. The second-order valence-corrected chi connectivity index (χ2v) is 6.29. The molecule has 2 aliphatic rings. The molecule has 2 N–H and O–H groups in total. The summed E-state index contributed by atoms with van der Waals surface area (Å²) in [5, 5.41) is 18.7. The third-order valence-electron chi connectivity index (χ3n) is 4.98. The van der Waals surface area contributed by atoms with E-state index in [1.807, 2.05) is 17.0 Å². The van der Waals surface area contributed by atoms with Crippen LogP contribution in [0.25, 0.3) is 0 Å². The van der Waals surface area contributed by atoms with Crippen molar-refractivity contribution >= 4 is 5.91 Å². The standard InChI is InChI=1S/C17H23NO3/c19-11-16(20)12-5-7-18(8-6-12)17(21)15-9-13-3-1-2-4-14(13)10-15/h1-4,12,15-16,19-20H,5-11H2. The van der Waals surface area contributed by atoms with Crippen molar-refractivity contribution < 1.29 is 15.0 Å². The second-order valence-electron chi connectivity index (χ2n) is 6.29. The topological polar surface area (TPSA) is 60.8 Å². The van der Waals surface area contributed by atoms with Crippen molar-refractivity contribution in [3.63, 3.8) is 0 Å². The first-order chi connectivity index (χ1) is 10.2. The minimum atomic E-state index is -0.641. The number of carbonyl (C=O) groups is 1. The number of rotatable bonds is 3. The highest BCUT2D eigenvalue weighted by Crippen LogP contribution is 2.29. The molecule has 1 saturated heterocycles. The second kappa shape index (κ2) is 6.16. The summed E-state index contributed by atoms with van der Waals surface area (Å²) in [6.45, 7) is 1.22. The smallest absolute Gasteiger partial charge is 0.226 e. The lowest BCUT2D eigenvalue weighted by Crippen LogP contribution is -2.44. The molecule has 1 aliphatic heterocycles. The molecule has 0 saturated carbocycles. The molecule has 0 aromatic heterocycles. The number of piperidine rings is 1. The number of benzene rings is 1. The van der Waals surface area contributed by atoms with E-state index in [4.69, 9.17) is 5.11 Å². The van der Waals surface area contributed by atoms with Crippen LogP contribution in [-0.2, 0) is 17.6 Å². The Morgan fingerprint density at radius 1 is 1.19 bits per heavy atom. The Kier molecular flexibility index (Phi) is 4.27. The largest absolute Gasteiger partial charge is 0.394 e. The van der Waals surface area contributed by atoms with Gasteiger partial charge in [-0.3, -0.25) is 4.79 Å². The van der Waals surface area contributed by atoms with Gasteiger partial charge in [0.15, 0.2) is 0 Å². The van der Waals surface area contributed by atoms with Crippen LogP contribution in [0.2, 0.25) is 0 Å². The van der Waals surface area contributed by atoms with E-state index in [9.17, 15) is 9.90 Å². The van der Waals surface area contributed by atoms with Crippen LogP contribution in [0.3, 0.4) is 0 Å². The third kappa shape index (κ3) is 2.97. The van der Waals surface area contributed by atoms with Crippen LogP contribution < -0.4 is 0 Å². The molecular formula is C17H23NO3. The third-order valence-corrected chi connectivity index (χ3v) is 4.98. The lowest BCUT2D eigenvalue weighted by molar-refractivity contribution is -0.137. The van der Waals surface area contributed by atoms with Crippen LogP contribution in [0, 0.1) is 11.8 Å². The van der Waals surface area contributed by atoms with E-state index in [1.54, 1.807) is 0 Å². The Labute approximate surface area is 125 Å². The number of carbonyl (C=O) groups excluding carboxylic acids is 1. The summed E-state index contributed by atoms with van der Waals surface area (Å²) in [5.41, 5.74) is 2.61. The summed E-state index contributed by atoms with van der Waals surface area (Å²) in [5.74, 6) is 0.463. The summed E-state index contributed by atoms with van der Waals surface area (Å²) in [6, 6.07) is 8.31. The SMILES string of the molecule is O=C(C1Cc2ccccc2C1)N1CCC(C(O)CO)CC1. The summed E-state index contributed by atoms with van der Waals surface area (Å²) in [6.07, 6.45) is 2.64. The molecule has 1 amide bonds. The zero-order chi connectivity index (χ0) is 14.8. The molecule has 1 aromatic rings. The van der Waals surface area contributed by atoms with Crippen molar-refractivity contribution in [1.82, 2.24) is 4.90 Å². The number of aliphatic hydroxyl groups excluding tert-OH is 2. The molecule has 0 bridgehead atoms. The molecule has 0 radical (unpaired) electrons. The normalized spacial score (nSPS) is 21.3. The Hall–Kier alpha value is -1.39. The van der Waals surface area contributed by atoms with Crippen LogP contribution >= 0.6 is 0 Å². The molecule has 1 aromatic carbocycles. The number of nitrogens with zero attached hydrogens (tertiary/aromatic N) is 1. The van der Waals surface area contributed by atoms with E-state index in [2.05, 4.69) is 12.1 Å². The molecule has 1 unspecified atom stereocenters. The molecule has 4 nitrogen and oxygen atoms in total. The highest BCUT2D eigenvalue weighted by Gasteiger charge is 2.33. The van der Waals surface area contributed by atoms with Gasteiger partial charge < -0.3 is 15.1 Å². The van der Waals surface area contributed by atoms with Gasteiger partial charge in [-0.1, -0.05) is 24.3 Å².